The Morgan fingerprint density at radius 3 is 2.62 bits per heavy atom. The molecule has 0 saturated carbocycles. The quantitative estimate of drug-likeness (QED) is 0.804. The smallest absolute Gasteiger partial charge is 0.131 e. The van der Waals surface area contributed by atoms with Gasteiger partial charge in [0.05, 0.1) is 17.8 Å². The molecule has 4 nitrogen and oxygen atoms in total. The monoisotopic (exact) mass is 290 g/mol. The van der Waals surface area contributed by atoms with Gasteiger partial charge >= 0.3 is 0 Å². The van der Waals surface area contributed by atoms with E-state index in [1.54, 1.807) is 12.3 Å². The predicted octanol–water partition coefficient (Wildman–Crippen LogP) is 2.59. The highest BCUT2D eigenvalue weighted by atomic mass is 19.1. The van der Waals surface area contributed by atoms with Crippen LogP contribution in [0.2, 0.25) is 0 Å². The van der Waals surface area contributed by atoms with Crippen LogP contribution in [-0.2, 0) is 13.0 Å². The summed E-state index contributed by atoms with van der Waals surface area (Å²) in [7, 11) is 0. The molecule has 0 spiro atoms. The van der Waals surface area contributed by atoms with Crippen LogP contribution in [0.25, 0.3) is 0 Å². The first-order valence-electron chi connectivity index (χ1n) is 6.69. The third kappa shape index (κ3) is 3.86. The minimum absolute atomic E-state index is 0.0100. The Balaban J connectivity index is 1.82. The van der Waals surface area contributed by atoms with Crippen LogP contribution in [0.4, 0.5) is 8.78 Å². The molecule has 0 bridgehead atoms. The topological polar surface area (TPSA) is 64.5 Å². The summed E-state index contributed by atoms with van der Waals surface area (Å²) >= 11 is 0. The van der Waals surface area contributed by atoms with Gasteiger partial charge in [0.2, 0.25) is 0 Å². The van der Waals surface area contributed by atoms with Crippen LogP contribution in [0, 0.1) is 29.9 Å². The number of nitrogens with one attached hydrogen (secondary N) is 2. The molecule has 0 aliphatic rings. The highest BCUT2D eigenvalue weighted by molar-refractivity contribution is 5.34. The fourth-order valence-corrected chi connectivity index (χ4v) is 2.08. The van der Waals surface area contributed by atoms with Crippen molar-refractivity contribution >= 4 is 0 Å². The molecule has 0 atom stereocenters. The van der Waals surface area contributed by atoms with Crippen LogP contribution in [0.15, 0.2) is 18.3 Å². The molecule has 0 radical (unpaired) electrons. The third-order valence-electron chi connectivity index (χ3n) is 3.31. The largest absolute Gasteiger partial charge is 0.312 e. The molecule has 1 heterocycles. The van der Waals surface area contributed by atoms with E-state index in [0.717, 1.165) is 36.2 Å². The molecular weight excluding hydrogens is 274 g/mol. The molecule has 0 aliphatic heterocycles. The molecule has 0 unspecified atom stereocenters. The van der Waals surface area contributed by atoms with Crippen molar-refractivity contribution in [2.75, 3.05) is 6.54 Å². The van der Waals surface area contributed by atoms with Crippen molar-refractivity contribution in [3.8, 4) is 6.07 Å². The lowest BCUT2D eigenvalue weighted by molar-refractivity contribution is 0.532. The van der Waals surface area contributed by atoms with Gasteiger partial charge < -0.3 is 5.32 Å². The molecule has 0 aliphatic carbocycles. The lowest BCUT2D eigenvalue weighted by Gasteiger charge is -2.07. The molecule has 0 saturated heterocycles. The van der Waals surface area contributed by atoms with Crippen LogP contribution in [0.3, 0.4) is 0 Å². The van der Waals surface area contributed by atoms with Gasteiger partial charge in [-0.2, -0.15) is 10.4 Å². The number of benzene rings is 1. The maximum Gasteiger partial charge on any atom is 0.131 e. The fraction of sp³-hybridized carbons (Fsp3) is 0.333. The number of aromatic nitrogens is 2. The Labute approximate surface area is 121 Å². The van der Waals surface area contributed by atoms with Crippen molar-refractivity contribution in [2.45, 2.75) is 26.3 Å². The Bertz CT molecular complexity index is 635. The highest BCUT2D eigenvalue weighted by Gasteiger charge is 2.10. The van der Waals surface area contributed by atoms with E-state index in [1.165, 1.54) is 0 Å². The van der Waals surface area contributed by atoms with Crippen molar-refractivity contribution in [3.63, 3.8) is 0 Å². The number of aromatic amines is 1. The van der Waals surface area contributed by atoms with Gasteiger partial charge in [0.1, 0.15) is 11.6 Å². The summed E-state index contributed by atoms with van der Waals surface area (Å²) in [6.07, 6.45) is 3.49. The number of halogens is 2. The molecule has 0 amide bonds. The van der Waals surface area contributed by atoms with E-state index < -0.39 is 11.6 Å². The lowest BCUT2D eigenvalue weighted by atomic mass is 10.1. The average Bonchev–Trinajstić information content (AvgIpc) is 2.86. The second kappa shape index (κ2) is 6.95. The molecule has 2 aromatic rings. The van der Waals surface area contributed by atoms with Gasteiger partial charge in [-0.3, -0.25) is 5.10 Å². The Hall–Kier alpha value is -2.26. The first-order chi connectivity index (χ1) is 10.1. The first-order valence-corrected chi connectivity index (χ1v) is 6.69. The number of hydrogen-bond donors (Lipinski definition) is 2. The third-order valence-corrected chi connectivity index (χ3v) is 3.31. The van der Waals surface area contributed by atoms with Crippen molar-refractivity contribution in [1.82, 2.24) is 15.5 Å². The van der Waals surface area contributed by atoms with E-state index in [2.05, 4.69) is 15.5 Å². The van der Waals surface area contributed by atoms with Crippen LogP contribution >= 0.6 is 0 Å². The number of hydrogen-bond acceptors (Lipinski definition) is 3. The second-order valence-corrected chi connectivity index (χ2v) is 4.83. The summed E-state index contributed by atoms with van der Waals surface area (Å²) in [6, 6.07) is 3.82. The van der Waals surface area contributed by atoms with Crippen molar-refractivity contribution in [2.24, 2.45) is 0 Å². The van der Waals surface area contributed by atoms with E-state index in [1.807, 2.05) is 6.92 Å². The molecule has 1 aromatic carbocycles. The summed E-state index contributed by atoms with van der Waals surface area (Å²) in [5.41, 5.74) is 2.14. The van der Waals surface area contributed by atoms with Gasteiger partial charge in [-0.25, -0.2) is 8.78 Å². The van der Waals surface area contributed by atoms with Crippen LogP contribution in [0.1, 0.15) is 28.8 Å². The number of nitriles is 1. The number of nitrogens with zero attached hydrogens (tertiary/aromatic N) is 2. The Morgan fingerprint density at radius 1 is 1.33 bits per heavy atom. The maximum absolute atomic E-state index is 13.6. The standard InChI is InChI=1S/C15H16F2N4/c1-10-12(8-20-21-10)3-2-4-19-9-13-14(16)5-11(7-18)6-15(13)17/h5-6,8,19H,2-4,9H2,1H3,(H,20,21). The zero-order valence-electron chi connectivity index (χ0n) is 11.7. The molecule has 1 aromatic heterocycles. The van der Waals surface area contributed by atoms with Crippen LogP contribution in [-0.4, -0.2) is 16.7 Å². The average molecular weight is 290 g/mol. The Morgan fingerprint density at radius 2 is 2.05 bits per heavy atom. The number of rotatable bonds is 6. The number of H-pyrrole nitrogens is 1. The van der Waals surface area contributed by atoms with Crippen LogP contribution < -0.4 is 5.32 Å². The molecule has 6 heteroatoms. The van der Waals surface area contributed by atoms with Gasteiger partial charge in [0, 0.05) is 17.8 Å². The van der Waals surface area contributed by atoms with Gasteiger partial charge in [-0.15, -0.1) is 0 Å². The van der Waals surface area contributed by atoms with Gasteiger partial charge in [0.15, 0.2) is 0 Å². The van der Waals surface area contributed by atoms with Crippen molar-refractivity contribution in [1.29, 1.82) is 5.26 Å². The molecule has 110 valence electrons. The molecular formula is C15H16F2N4. The van der Waals surface area contributed by atoms with E-state index in [0.29, 0.717) is 6.54 Å². The molecule has 0 fully saturated rings. The summed E-state index contributed by atoms with van der Waals surface area (Å²) in [6.45, 7) is 2.70. The first kappa shape index (κ1) is 15.1. The SMILES string of the molecule is Cc1[nH]ncc1CCCNCc1c(F)cc(C#N)cc1F. The molecule has 2 N–H and O–H groups in total. The normalized spacial score (nSPS) is 10.6. The summed E-state index contributed by atoms with van der Waals surface area (Å²) in [5, 5.41) is 18.4. The fourth-order valence-electron chi connectivity index (χ4n) is 2.08. The van der Waals surface area contributed by atoms with E-state index in [-0.39, 0.29) is 17.7 Å². The van der Waals surface area contributed by atoms with Gasteiger partial charge in [0.25, 0.3) is 0 Å². The minimum atomic E-state index is -0.690. The summed E-state index contributed by atoms with van der Waals surface area (Å²) in [5.74, 6) is -1.38. The van der Waals surface area contributed by atoms with Gasteiger partial charge in [-0.1, -0.05) is 0 Å². The van der Waals surface area contributed by atoms with Crippen molar-refractivity contribution in [3.05, 3.63) is 52.3 Å². The van der Waals surface area contributed by atoms with E-state index in [4.69, 9.17) is 5.26 Å². The highest BCUT2D eigenvalue weighted by Crippen LogP contribution is 2.15. The minimum Gasteiger partial charge on any atom is -0.312 e. The molecule has 21 heavy (non-hydrogen) atoms. The number of aryl methyl sites for hydroxylation is 2. The van der Waals surface area contributed by atoms with Crippen LogP contribution in [0.5, 0.6) is 0 Å². The predicted molar refractivity (Wildman–Crippen MR) is 74.4 cm³/mol. The summed E-state index contributed by atoms with van der Waals surface area (Å²) < 4.78 is 27.3. The zero-order valence-corrected chi connectivity index (χ0v) is 11.7. The summed E-state index contributed by atoms with van der Waals surface area (Å²) in [4.78, 5) is 0. The lowest BCUT2D eigenvalue weighted by Crippen LogP contribution is -2.17. The van der Waals surface area contributed by atoms with E-state index in [9.17, 15) is 8.78 Å². The molecule has 2 rings (SSSR count). The van der Waals surface area contributed by atoms with E-state index >= 15 is 0 Å². The van der Waals surface area contributed by atoms with Crippen molar-refractivity contribution < 1.29 is 8.78 Å². The Kier molecular flexibility index (Phi) is 5.01. The maximum atomic E-state index is 13.6. The zero-order chi connectivity index (χ0) is 15.2. The second-order valence-electron chi connectivity index (χ2n) is 4.83. The van der Waals surface area contributed by atoms with Gasteiger partial charge in [-0.05, 0) is 44.0 Å².